The molecule has 0 aliphatic heterocycles. The second-order valence-corrected chi connectivity index (χ2v) is 3.98. The maximum atomic E-state index is 6.10. The molecule has 1 atom stereocenters. The molecule has 0 saturated carbocycles. The molecule has 84 valence electrons. The van der Waals surface area contributed by atoms with E-state index in [1.165, 1.54) is 18.4 Å². The zero-order chi connectivity index (χ0) is 11.3. The molecule has 15 heavy (non-hydrogen) atoms. The van der Waals surface area contributed by atoms with Gasteiger partial charge in [-0.15, -0.1) is 0 Å². The number of rotatable bonds is 5. The summed E-state index contributed by atoms with van der Waals surface area (Å²) in [7, 11) is 1.69. The summed E-state index contributed by atoms with van der Waals surface area (Å²) < 4.78 is 5.22. The molecule has 1 rings (SSSR count). The van der Waals surface area contributed by atoms with Crippen LogP contribution >= 0.6 is 0 Å². The lowest BCUT2D eigenvalue weighted by atomic mass is 10.00. The molecule has 0 bridgehead atoms. The van der Waals surface area contributed by atoms with E-state index in [1.54, 1.807) is 7.11 Å². The number of methoxy groups -OCH3 is 1. The lowest BCUT2D eigenvalue weighted by Crippen LogP contribution is -2.10. The van der Waals surface area contributed by atoms with E-state index in [1.807, 2.05) is 6.07 Å². The molecule has 0 aromatic heterocycles. The van der Waals surface area contributed by atoms with E-state index < -0.39 is 0 Å². The molecule has 0 saturated heterocycles. The highest BCUT2D eigenvalue weighted by atomic mass is 16.5. The van der Waals surface area contributed by atoms with Crippen LogP contribution in [0, 0.1) is 6.92 Å². The summed E-state index contributed by atoms with van der Waals surface area (Å²) in [6.45, 7) is 4.24. The number of nitrogens with two attached hydrogens (primary N) is 1. The predicted molar refractivity (Wildman–Crippen MR) is 64.2 cm³/mol. The number of aryl methyl sites for hydroxylation is 1. The average molecular weight is 207 g/mol. The molecule has 0 heterocycles. The standard InChI is InChI=1S/C13H21NO/c1-4-5-6-12(14)11-7-8-13(15-3)10(2)9-11/h7-9,12H,4-6,14H2,1-3H3. The number of ether oxygens (including phenoxy) is 1. The van der Waals surface area contributed by atoms with Gasteiger partial charge in [0.1, 0.15) is 5.75 Å². The summed E-state index contributed by atoms with van der Waals surface area (Å²) >= 11 is 0. The van der Waals surface area contributed by atoms with E-state index in [2.05, 4.69) is 26.0 Å². The molecule has 0 spiro atoms. The van der Waals surface area contributed by atoms with Gasteiger partial charge in [0, 0.05) is 6.04 Å². The van der Waals surface area contributed by atoms with Crippen molar-refractivity contribution in [2.24, 2.45) is 5.73 Å². The van der Waals surface area contributed by atoms with Crippen molar-refractivity contribution in [3.63, 3.8) is 0 Å². The van der Waals surface area contributed by atoms with Gasteiger partial charge in [-0.3, -0.25) is 0 Å². The molecule has 2 heteroatoms. The zero-order valence-electron chi connectivity index (χ0n) is 9.92. The van der Waals surface area contributed by atoms with Gasteiger partial charge >= 0.3 is 0 Å². The van der Waals surface area contributed by atoms with Crippen LogP contribution in [0.15, 0.2) is 18.2 Å². The van der Waals surface area contributed by atoms with Crippen LogP contribution in [0.1, 0.15) is 43.4 Å². The Labute approximate surface area is 92.4 Å². The van der Waals surface area contributed by atoms with Crippen LogP contribution in [-0.2, 0) is 0 Å². The molecule has 0 amide bonds. The Morgan fingerprint density at radius 1 is 1.40 bits per heavy atom. The van der Waals surface area contributed by atoms with Gasteiger partial charge < -0.3 is 10.5 Å². The highest BCUT2D eigenvalue weighted by Gasteiger charge is 2.07. The molecule has 1 unspecified atom stereocenters. The minimum absolute atomic E-state index is 0.162. The molecular weight excluding hydrogens is 186 g/mol. The highest BCUT2D eigenvalue weighted by molar-refractivity contribution is 5.37. The SMILES string of the molecule is CCCCC(N)c1ccc(OC)c(C)c1. The Balaban J connectivity index is 2.73. The third-order valence-corrected chi connectivity index (χ3v) is 2.72. The van der Waals surface area contributed by atoms with Crippen molar-refractivity contribution in [3.8, 4) is 5.75 Å². The van der Waals surface area contributed by atoms with Crippen molar-refractivity contribution in [1.82, 2.24) is 0 Å². The minimum Gasteiger partial charge on any atom is -0.496 e. The van der Waals surface area contributed by atoms with Crippen LogP contribution in [0.25, 0.3) is 0 Å². The fourth-order valence-electron chi connectivity index (χ4n) is 1.72. The Morgan fingerprint density at radius 2 is 2.13 bits per heavy atom. The minimum atomic E-state index is 0.162. The Kier molecular flexibility index (Phi) is 4.63. The normalized spacial score (nSPS) is 12.5. The largest absolute Gasteiger partial charge is 0.496 e. The van der Waals surface area contributed by atoms with Crippen molar-refractivity contribution in [2.45, 2.75) is 39.2 Å². The fourth-order valence-corrected chi connectivity index (χ4v) is 1.72. The van der Waals surface area contributed by atoms with E-state index in [-0.39, 0.29) is 6.04 Å². The van der Waals surface area contributed by atoms with Crippen LogP contribution in [0.2, 0.25) is 0 Å². The summed E-state index contributed by atoms with van der Waals surface area (Å²) in [4.78, 5) is 0. The van der Waals surface area contributed by atoms with Gasteiger partial charge in [0.2, 0.25) is 0 Å². The van der Waals surface area contributed by atoms with Crippen molar-refractivity contribution >= 4 is 0 Å². The van der Waals surface area contributed by atoms with E-state index in [9.17, 15) is 0 Å². The fraction of sp³-hybridized carbons (Fsp3) is 0.538. The van der Waals surface area contributed by atoms with E-state index >= 15 is 0 Å². The first-order valence-corrected chi connectivity index (χ1v) is 5.59. The first-order valence-electron chi connectivity index (χ1n) is 5.59. The number of hydrogen-bond acceptors (Lipinski definition) is 2. The monoisotopic (exact) mass is 207 g/mol. The Hall–Kier alpha value is -1.02. The molecule has 0 radical (unpaired) electrons. The number of unbranched alkanes of at least 4 members (excludes halogenated alkanes) is 1. The lowest BCUT2D eigenvalue weighted by molar-refractivity contribution is 0.411. The molecule has 0 aliphatic carbocycles. The molecule has 1 aromatic carbocycles. The lowest BCUT2D eigenvalue weighted by Gasteiger charge is -2.13. The summed E-state index contributed by atoms with van der Waals surface area (Å²) in [6, 6.07) is 6.34. The summed E-state index contributed by atoms with van der Waals surface area (Å²) in [6.07, 6.45) is 3.44. The van der Waals surface area contributed by atoms with Gasteiger partial charge in [0.15, 0.2) is 0 Å². The topological polar surface area (TPSA) is 35.2 Å². The van der Waals surface area contributed by atoms with Crippen LogP contribution in [0.3, 0.4) is 0 Å². The number of benzene rings is 1. The number of hydrogen-bond donors (Lipinski definition) is 1. The third kappa shape index (κ3) is 3.24. The van der Waals surface area contributed by atoms with E-state index in [0.29, 0.717) is 0 Å². The van der Waals surface area contributed by atoms with Crippen molar-refractivity contribution < 1.29 is 4.74 Å². The van der Waals surface area contributed by atoms with Crippen LogP contribution in [0.5, 0.6) is 5.75 Å². The van der Waals surface area contributed by atoms with Gasteiger partial charge in [0.25, 0.3) is 0 Å². The van der Waals surface area contributed by atoms with Gasteiger partial charge in [-0.25, -0.2) is 0 Å². The Morgan fingerprint density at radius 3 is 2.67 bits per heavy atom. The van der Waals surface area contributed by atoms with Crippen LogP contribution in [0.4, 0.5) is 0 Å². The van der Waals surface area contributed by atoms with Gasteiger partial charge in [-0.05, 0) is 30.5 Å². The van der Waals surface area contributed by atoms with Crippen molar-refractivity contribution in [1.29, 1.82) is 0 Å². The van der Waals surface area contributed by atoms with Crippen molar-refractivity contribution in [3.05, 3.63) is 29.3 Å². The van der Waals surface area contributed by atoms with Gasteiger partial charge in [-0.1, -0.05) is 31.9 Å². The predicted octanol–water partition coefficient (Wildman–Crippen LogP) is 3.19. The van der Waals surface area contributed by atoms with Crippen LogP contribution in [-0.4, -0.2) is 7.11 Å². The summed E-state index contributed by atoms with van der Waals surface area (Å²) in [5.41, 5.74) is 8.47. The molecule has 0 fully saturated rings. The quantitative estimate of drug-likeness (QED) is 0.804. The van der Waals surface area contributed by atoms with Gasteiger partial charge in [0.05, 0.1) is 7.11 Å². The first kappa shape index (κ1) is 12.1. The molecule has 1 aromatic rings. The maximum Gasteiger partial charge on any atom is 0.121 e. The second-order valence-electron chi connectivity index (χ2n) is 3.98. The summed E-state index contributed by atoms with van der Waals surface area (Å²) in [5.74, 6) is 0.932. The molecule has 2 nitrogen and oxygen atoms in total. The molecule has 2 N–H and O–H groups in total. The maximum absolute atomic E-state index is 6.10. The average Bonchev–Trinajstić information content (AvgIpc) is 2.25. The molecule has 0 aliphatic rings. The van der Waals surface area contributed by atoms with Gasteiger partial charge in [-0.2, -0.15) is 0 Å². The van der Waals surface area contributed by atoms with Crippen molar-refractivity contribution in [2.75, 3.05) is 7.11 Å². The van der Waals surface area contributed by atoms with E-state index in [0.717, 1.165) is 17.7 Å². The first-order chi connectivity index (χ1) is 7.19. The molecular formula is C13H21NO. The summed E-state index contributed by atoms with van der Waals surface area (Å²) in [5, 5.41) is 0. The Bertz CT molecular complexity index is 309. The zero-order valence-corrected chi connectivity index (χ0v) is 9.92. The third-order valence-electron chi connectivity index (χ3n) is 2.72. The second kappa shape index (κ2) is 5.76. The van der Waals surface area contributed by atoms with E-state index in [4.69, 9.17) is 10.5 Å². The van der Waals surface area contributed by atoms with Crippen LogP contribution < -0.4 is 10.5 Å². The highest BCUT2D eigenvalue weighted by Crippen LogP contribution is 2.23. The smallest absolute Gasteiger partial charge is 0.121 e.